The van der Waals surface area contributed by atoms with Crippen molar-refractivity contribution in [2.45, 2.75) is 12.8 Å². The summed E-state index contributed by atoms with van der Waals surface area (Å²) in [5.41, 5.74) is 6.45. The normalized spacial score (nSPS) is 17.1. The second-order valence-electron chi connectivity index (χ2n) is 6.79. The minimum atomic E-state index is -0.292. The van der Waals surface area contributed by atoms with E-state index in [9.17, 15) is 0 Å². The second kappa shape index (κ2) is 8.26. The van der Waals surface area contributed by atoms with Gasteiger partial charge < -0.3 is 20.3 Å². The van der Waals surface area contributed by atoms with Crippen molar-refractivity contribution in [1.29, 1.82) is 5.41 Å². The van der Waals surface area contributed by atoms with Crippen LogP contribution in [0.4, 0.5) is 17.3 Å². The van der Waals surface area contributed by atoms with Gasteiger partial charge in [0.25, 0.3) is 0 Å². The average Bonchev–Trinajstić information content (AvgIpc) is 3.49. The first-order valence-electron chi connectivity index (χ1n) is 8.99. The summed E-state index contributed by atoms with van der Waals surface area (Å²) in [5, 5.41) is 7.26. The molecule has 1 aromatic rings. The van der Waals surface area contributed by atoms with Crippen LogP contribution in [0.5, 0.6) is 0 Å². The Morgan fingerprint density at radius 1 is 1.41 bits per heavy atom. The number of allylic oxidation sites excluding steroid dienone is 1. The molecule has 0 spiro atoms. The van der Waals surface area contributed by atoms with Crippen molar-refractivity contribution in [2.24, 2.45) is 21.6 Å². The van der Waals surface area contributed by atoms with E-state index < -0.39 is 0 Å². The first-order chi connectivity index (χ1) is 13.0. The van der Waals surface area contributed by atoms with Crippen LogP contribution in [0.1, 0.15) is 18.7 Å². The molecule has 0 radical (unpaired) electrons. The molecule has 3 rings (SSSR count). The zero-order chi connectivity index (χ0) is 19.4. The standard InChI is InChI=1S/C18H26N8O/c1-12(10-22-18(19)20)15-23-16(25(3)11-13-4-5-13)14(21-2)17(24-15)26-6-8-27-9-7-26/h10,13H,1-2,4-9,11H2,3H3,(H3,19,20)/b22-10-. The van der Waals surface area contributed by atoms with E-state index in [1.165, 1.54) is 19.1 Å². The van der Waals surface area contributed by atoms with Gasteiger partial charge in [-0.15, -0.1) is 0 Å². The Labute approximate surface area is 159 Å². The molecule has 9 heteroatoms. The van der Waals surface area contributed by atoms with Gasteiger partial charge in [-0.25, -0.2) is 15.0 Å². The van der Waals surface area contributed by atoms with Crippen LogP contribution in [0.15, 0.2) is 16.6 Å². The van der Waals surface area contributed by atoms with E-state index in [1.807, 2.05) is 7.05 Å². The summed E-state index contributed by atoms with van der Waals surface area (Å²) in [6.45, 7) is 11.4. The fraction of sp³-hybridized carbons (Fsp3) is 0.500. The van der Waals surface area contributed by atoms with Gasteiger partial charge in [-0.2, -0.15) is 0 Å². The molecule has 0 bridgehead atoms. The van der Waals surface area contributed by atoms with Gasteiger partial charge in [0.1, 0.15) is 5.69 Å². The van der Waals surface area contributed by atoms with Crippen LogP contribution in [0, 0.1) is 11.3 Å². The second-order valence-corrected chi connectivity index (χ2v) is 6.79. The molecular weight excluding hydrogens is 344 g/mol. The van der Waals surface area contributed by atoms with Crippen LogP contribution in [0.2, 0.25) is 0 Å². The van der Waals surface area contributed by atoms with Crippen molar-refractivity contribution in [2.75, 3.05) is 49.7 Å². The van der Waals surface area contributed by atoms with Crippen LogP contribution in [-0.2, 0) is 4.74 Å². The third-order valence-electron chi connectivity index (χ3n) is 4.55. The van der Waals surface area contributed by atoms with Gasteiger partial charge in [0.2, 0.25) is 5.96 Å². The Hall–Kier alpha value is -2.81. The van der Waals surface area contributed by atoms with E-state index in [4.69, 9.17) is 15.9 Å². The lowest BCUT2D eigenvalue weighted by atomic mass is 10.2. The number of hydrogen-bond acceptors (Lipinski definition) is 7. The Kier molecular flexibility index (Phi) is 5.80. The zero-order valence-electron chi connectivity index (χ0n) is 15.7. The van der Waals surface area contributed by atoms with Gasteiger partial charge in [0, 0.05) is 38.5 Å². The highest BCUT2D eigenvalue weighted by molar-refractivity contribution is 6.11. The van der Waals surface area contributed by atoms with Gasteiger partial charge in [0.15, 0.2) is 17.5 Å². The molecule has 0 unspecified atom stereocenters. The number of morpholine rings is 1. The summed E-state index contributed by atoms with van der Waals surface area (Å²) in [5.74, 6) is 2.28. The maximum atomic E-state index is 7.26. The molecule has 2 fully saturated rings. The van der Waals surface area contributed by atoms with Crippen molar-refractivity contribution in [1.82, 2.24) is 9.97 Å². The lowest BCUT2D eigenvalue weighted by Gasteiger charge is -2.30. The summed E-state index contributed by atoms with van der Waals surface area (Å²) >= 11 is 0. The summed E-state index contributed by atoms with van der Waals surface area (Å²) in [4.78, 5) is 21.6. The lowest BCUT2D eigenvalue weighted by molar-refractivity contribution is 0.122. The average molecular weight is 370 g/mol. The predicted molar refractivity (Wildman–Crippen MR) is 110 cm³/mol. The molecule has 1 saturated heterocycles. The molecule has 144 valence electrons. The molecule has 1 aromatic heterocycles. The van der Waals surface area contributed by atoms with E-state index >= 15 is 0 Å². The number of hydrogen-bond donors (Lipinski definition) is 2. The molecule has 0 amide bonds. The number of guanidine groups is 1. The van der Waals surface area contributed by atoms with Crippen molar-refractivity contribution in [3.05, 3.63) is 12.4 Å². The number of ether oxygens (including phenoxy) is 1. The molecule has 9 nitrogen and oxygen atoms in total. The number of aliphatic imine (C=N–C) groups is 2. The molecule has 0 aromatic carbocycles. The molecule has 0 atom stereocenters. The van der Waals surface area contributed by atoms with Gasteiger partial charge in [0.05, 0.1) is 13.2 Å². The van der Waals surface area contributed by atoms with Crippen molar-refractivity contribution < 1.29 is 4.74 Å². The van der Waals surface area contributed by atoms with E-state index in [1.54, 1.807) is 0 Å². The predicted octanol–water partition coefficient (Wildman–Crippen LogP) is 1.47. The third-order valence-corrected chi connectivity index (χ3v) is 4.55. The number of nitrogens with two attached hydrogens (primary N) is 1. The molecular formula is C18H26N8O. The highest BCUT2D eigenvalue weighted by atomic mass is 16.5. The van der Waals surface area contributed by atoms with Gasteiger partial charge >= 0.3 is 0 Å². The lowest BCUT2D eigenvalue weighted by Crippen LogP contribution is -2.37. The maximum absolute atomic E-state index is 7.26. The van der Waals surface area contributed by atoms with E-state index in [0.29, 0.717) is 42.0 Å². The maximum Gasteiger partial charge on any atom is 0.212 e. The van der Waals surface area contributed by atoms with Crippen LogP contribution in [0.3, 0.4) is 0 Å². The highest BCUT2D eigenvalue weighted by Gasteiger charge is 2.27. The van der Waals surface area contributed by atoms with E-state index in [0.717, 1.165) is 25.5 Å². The third kappa shape index (κ3) is 4.68. The zero-order valence-corrected chi connectivity index (χ0v) is 15.7. The first-order valence-corrected chi connectivity index (χ1v) is 8.99. The molecule has 2 heterocycles. The summed E-state index contributed by atoms with van der Waals surface area (Å²) in [6.07, 6.45) is 3.90. The fourth-order valence-corrected chi connectivity index (χ4v) is 2.96. The highest BCUT2D eigenvalue weighted by Crippen LogP contribution is 2.38. The summed E-state index contributed by atoms with van der Waals surface area (Å²) in [7, 11) is 2.01. The number of anilines is 2. The van der Waals surface area contributed by atoms with Gasteiger partial charge in [-0.3, -0.25) is 10.4 Å². The van der Waals surface area contributed by atoms with E-state index in [-0.39, 0.29) is 5.96 Å². The Balaban J connectivity index is 2.02. The van der Waals surface area contributed by atoms with Crippen molar-refractivity contribution in [3.8, 4) is 0 Å². The molecule has 1 aliphatic heterocycles. The Bertz CT molecular complexity index is 765. The number of nitrogens with zero attached hydrogens (tertiary/aromatic N) is 6. The minimum Gasteiger partial charge on any atom is -0.378 e. The number of nitrogens with one attached hydrogen (secondary N) is 1. The molecule has 3 N–H and O–H groups in total. The van der Waals surface area contributed by atoms with Crippen LogP contribution < -0.4 is 15.5 Å². The molecule has 1 saturated carbocycles. The Morgan fingerprint density at radius 2 is 2.11 bits per heavy atom. The van der Waals surface area contributed by atoms with Crippen LogP contribution >= 0.6 is 0 Å². The molecule has 27 heavy (non-hydrogen) atoms. The number of rotatable bonds is 7. The largest absolute Gasteiger partial charge is 0.378 e. The van der Waals surface area contributed by atoms with Gasteiger partial charge in [-0.05, 0) is 25.5 Å². The smallest absolute Gasteiger partial charge is 0.212 e. The van der Waals surface area contributed by atoms with E-state index in [2.05, 4.69) is 43.0 Å². The quantitative estimate of drug-likeness (QED) is 0.554. The van der Waals surface area contributed by atoms with Crippen LogP contribution in [-0.4, -0.2) is 68.8 Å². The van der Waals surface area contributed by atoms with Crippen LogP contribution in [0.25, 0.3) is 5.57 Å². The molecule has 1 aliphatic carbocycles. The number of aromatic nitrogens is 2. The summed E-state index contributed by atoms with van der Waals surface area (Å²) < 4.78 is 5.46. The summed E-state index contributed by atoms with van der Waals surface area (Å²) in [6, 6.07) is 0. The fourth-order valence-electron chi connectivity index (χ4n) is 2.96. The monoisotopic (exact) mass is 370 g/mol. The van der Waals surface area contributed by atoms with Crippen molar-refractivity contribution in [3.63, 3.8) is 0 Å². The SMILES string of the molecule is C=Nc1c(N(C)CC2CC2)nc(C(=C)/C=N\C(=N)N)nc1N1CCOCC1. The first kappa shape index (κ1) is 19.0. The minimum absolute atomic E-state index is 0.292. The Morgan fingerprint density at radius 3 is 2.70 bits per heavy atom. The van der Waals surface area contributed by atoms with Gasteiger partial charge in [-0.1, -0.05) is 6.58 Å². The molecule has 2 aliphatic rings. The van der Waals surface area contributed by atoms with Crippen molar-refractivity contribution >= 4 is 41.8 Å². The topological polar surface area (TPSA) is 116 Å².